The monoisotopic (exact) mass is 421 g/mol. The summed E-state index contributed by atoms with van der Waals surface area (Å²) in [5, 5.41) is 2.91. The summed E-state index contributed by atoms with van der Waals surface area (Å²) in [5.74, 6) is 1.75. The number of benzene rings is 1. The Morgan fingerprint density at radius 3 is 2.77 bits per heavy atom. The van der Waals surface area contributed by atoms with Gasteiger partial charge in [0, 0.05) is 20.9 Å². The third-order valence-corrected chi connectivity index (χ3v) is 5.21. The van der Waals surface area contributed by atoms with Gasteiger partial charge in [0.25, 0.3) is 5.91 Å². The van der Waals surface area contributed by atoms with Gasteiger partial charge in [-0.2, -0.15) is 0 Å². The molecule has 5 heteroatoms. The molecule has 1 N–H and O–H groups in total. The van der Waals surface area contributed by atoms with Gasteiger partial charge >= 0.3 is 0 Å². The summed E-state index contributed by atoms with van der Waals surface area (Å²) < 4.78 is 7.71. The molecule has 1 aromatic heterocycles. The van der Waals surface area contributed by atoms with Gasteiger partial charge in [0.1, 0.15) is 11.5 Å². The van der Waals surface area contributed by atoms with E-state index in [1.807, 2.05) is 18.2 Å². The average molecular weight is 423 g/mol. The molecule has 4 rings (SSSR count). The summed E-state index contributed by atoms with van der Waals surface area (Å²) in [6, 6.07) is 5.94. The van der Waals surface area contributed by atoms with Crippen molar-refractivity contribution in [2.75, 3.05) is 5.32 Å². The van der Waals surface area contributed by atoms with E-state index in [2.05, 4.69) is 43.2 Å². The molecule has 0 saturated heterocycles. The van der Waals surface area contributed by atoms with Gasteiger partial charge in [0.15, 0.2) is 0 Å². The molecule has 0 radical (unpaired) electrons. The van der Waals surface area contributed by atoms with Crippen molar-refractivity contribution in [2.45, 2.75) is 25.7 Å². The van der Waals surface area contributed by atoms with Crippen molar-refractivity contribution in [2.24, 2.45) is 0 Å². The van der Waals surface area contributed by atoms with Gasteiger partial charge in [0.2, 0.25) is 0 Å². The normalized spacial score (nSPS) is 18.3. The van der Waals surface area contributed by atoms with Crippen molar-refractivity contribution in [1.82, 2.24) is 0 Å². The third-order valence-electron chi connectivity index (χ3n) is 4.13. The smallest absolute Gasteiger partial charge is 0.256 e. The number of hydrogen-bond donors (Lipinski definition) is 1. The number of nitrogens with one attached hydrogen (secondary N) is 1. The van der Waals surface area contributed by atoms with E-state index in [0.717, 1.165) is 44.6 Å². The molecule has 0 bridgehead atoms. The SMILES string of the molecule is O=C1Nc2c(Br)cc(Br)cc2C1=Cc1cc2c(o1)CCCC2. The average Bonchev–Trinajstić information content (AvgIpc) is 3.02. The Balaban J connectivity index is 1.80. The first-order valence-electron chi connectivity index (χ1n) is 7.26. The summed E-state index contributed by atoms with van der Waals surface area (Å²) in [6.45, 7) is 0. The van der Waals surface area contributed by atoms with Crippen LogP contribution in [0.15, 0.2) is 31.6 Å². The van der Waals surface area contributed by atoms with Crippen molar-refractivity contribution in [3.63, 3.8) is 0 Å². The molecule has 0 spiro atoms. The maximum absolute atomic E-state index is 12.3. The van der Waals surface area contributed by atoms with Crippen molar-refractivity contribution in [3.05, 3.63) is 49.8 Å². The molecule has 0 atom stereocenters. The third kappa shape index (κ3) is 2.36. The highest BCUT2D eigenvalue weighted by atomic mass is 79.9. The van der Waals surface area contributed by atoms with Crippen LogP contribution in [0.25, 0.3) is 11.6 Å². The van der Waals surface area contributed by atoms with Crippen LogP contribution in [0.1, 0.15) is 35.5 Å². The van der Waals surface area contributed by atoms with Crippen LogP contribution in [-0.2, 0) is 17.6 Å². The van der Waals surface area contributed by atoms with Crippen molar-refractivity contribution < 1.29 is 9.21 Å². The number of furan rings is 1. The first-order chi connectivity index (χ1) is 10.6. The second-order valence-electron chi connectivity index (χ2n) is 5.63. The second kappa shape index (κ2) is 5.39. The summed E-state index contributed by atoms with van der Waals surface area (Å²) in [5.41, 5.74) is 3.63. The standard InChI is InChI=1S/C17H13Br2NO2/c18-10-6-12-13(17(21)20-16(12)14(19)7-10)8-11-5-9-3-1-2-4-15(9)22-11/h5-8H,1-4H2,(H,20,21). The number of fused-ring (bicyclic) bond motifs is 2. The molecule has 1 aliphatic heterocycles. The molecule has 0 saturated carbocycles. The molecular formula is C17H13Br2NO2. The van der Waals surface area contributed by atoms with Gasteiger partial charge in [-0.25, -0.2) is 0 Å². The summed E-state index contributed by atoms with van der Waals surface area (Å²) in [7, 11) is 0. The Labute approximate surface area is 145 Å². The highest BCUT2D eigenvalue weighted by Gasteiger charge is 2.27. The van der Waals surface area contributed by atoms with E-state index >= 15 is 0 Å². The van der Waals surface area contributed by atoms with E-state index < -0.39 is 0 Å². The molecule has 3 nitrogen and oxygen atoms in total. The van der Waals surface area contributed by atoms with Crippen LogP contribution < -0.4 is 5.32 Å². The fourth-order valence-electron chi connectivity index (χ4n) is 3.09. The number of halogens is 2. The maximum Gasteiger partial charge on any atom is 0.256 e. The molecule has 2 aliphatic rings. The van der Waals surface area contributed by atoms with Crippen LogP contribution >= 0.6 is 31.9 Å². The second-order valence-corrected chi connectivity index (χ2v) is 7.40. The molecular weight excluding hydrogens is 410 g/mol. The lowest BCUT2D eigenvalue weighted by atomic mass is 9.98. The van der Waals surface area contributed by atoms with E-state index in [4.69, 9.17) is 4.42 Å². The van der Waals surface area contributed by atoms with Crippen molar-refractivity contribution in [1.29, 1.82) is 0 Å². The van der Waals surface area contributed by atoms with E-state index in [0.29, 0.717) is 5.57 Å². The zero-order valence-electron chi connectivity index (χ0n) is 11.7. The Morgan fingerprint density at radius 2 is 1.95 bits per heavy atom. The highest BCUT2D eigenvalue weighted by Crippen LogP contribution is 2.40. The number of rotatable bonds is 1. The molecule has 2 aromatic rings. The van der Waals surface area contributed by atoms with E-state index in [9.17, 15) is 4.79 Å². The highest BCUT2D eigenvalue weighted by molar-refractivity contribution is 9.11. The predicted molar refractivity (Wildman–Crippen MR) is 93.7 cm³/mol. The lowest BCUT2D eigenvalue weighted by Crippen LogP contribution is -2.03. The predicted octanol–water partition coefficient (Wildman–Crippen LogP) is 5.18. The zero-order chi connectivity index (χ0) is 15.3. The van der Waals surface area contributed by atoms with Crippen LogP contribution in [0.5, 0.6) is 0 Å². The fourth-order valence-corrected chi connectivity index (χ4v) is 4.41. The fraction of sp³-hybridized carbons (Fsp3) is 0.235. The van der Waals surface area contributed by atoms with Crippen molar-refractivity contribution in [3.8, 4) is 0 Å². The van der Waals surface area contributed by atoms with Crippen LogP contribution in [0.4, 0.5) is 5.69 Å². The molecule has 22 heavy (non-hydrogen) atoms. The molecule has 1 aliphatic carbocycles. The molecule has 2 heterocycles. The lowest BCUT2D eigenvalue weighted by Gasteiger charge is -2.07. The van der Waals surface area contributed by atoms with Gasteiger partial charge < -0.3 is 9.73 Å². The zero-order valence-corrected chi connectivity index (χ0v) is 14.9. The first-order valence-corrected chi connectivity index (χ1v) is 8.84. The van der Waals surface area contributed by atoms with Gasteiger partial charge in [0.05, 0.1) is 11.3 Å². The summed E-state index contributed by atoms with van der Waals surface area (Å²) in [4.78, 5) is 12.3. The minimum absolute atomic E-state index is 0.0943. The largest absolute Gasteiger partial charge is 0.461 e. The Kier molecular flexibility index (Phi) is 3.50. The van der Waals surface area contributed by atoms with Crippen LogP contribution in [0.2, 0.25) is 0 Å². The van der Waals surface area contributed by atoms with Crippen molar-refractivity contribution >= 4 is 55.1 Å². The quantitative estimate of drug-likeness (QED) is 0.643. The number of anilines is 1. The summed E-state index contributed by atoms with van der Waals surface area (Å²) in [6.07, 6.45) is 6.31. The maximum atomic E-state index is 12.3. The minimum Gasteiger partial charge on any atom is -0.461 e. The van der Waals surface area contributed by atoms with E-state index in [1.54, 1.807) is 0 Å². The lowest BCUT2D eigenvalue weighted by molar-refractivity contribution is -0.110. The van der Waals surface area contributed by atoms with Gasteiger partial charge in [-0.05, 0) is 65.0 Å². The van der Waals surface area contributed by atoms with Gasteiger partial charge in [-0.1, -0.05) is 15.9 Å². The van der Waals surface area contributed by atoms with Gasteiger partial charge in [-0.15, -0.1) is 0 Å². The Hall–Kier alpha value is -1.33. The molecule has 0 unspecified atom stereocenters. The van der Waals surface area contributed by atoms with E-state index in [-0.39, 0.29) is 5.91 Å². The van der Waals surface area contributed by atoms with Gasteiger partial charge in [-0.3, -0.25) is 4.79 Å². The topological polar surface area (TPSA) is 42.2 Å². The van der Waals surface area contributed by atoms with E-state index in [1.165, 1.54) is 18.4 Å². The van der Waals surface area contributed by atoms with Crippen LogP contribution in [0.3, 0.4) is 0 Å². The minimum atomic E-state index is -0.0943. The Morgan fingerprint density at radius 1 is 1.14 bits per heavy atom. The number of aryl methyl sites for hydroxylation is 2. The summed E-state index contributed by atoms with van der Waals surface area (Å²) >= 11 is 6.96. The number of carbonyl (C=O) groups is 1. The van der Waals surface area contributed by atoms with Crippen LogP contribution in [0, 0.1) is 0 Å². The number of amides is 1. The molecule has 112 valence electrons. The number of hydrogen-bond acceptors (Lipinski definition) is 2. The Bertz CT molecular complexity index is 797. The first kappa shape index (κ1) is 14.3. The van der Waals surface area contributed by atoms with Crippen LogP contribution in [-0.4, -0.2) is 5.91 Å². The number of carbonyl (C=O) groups excluding carboxylic acids is 1. The molecule has 0 fully saturated rings. The molecule has 1 amide bonds. The molecule has 1 aromatic carbocycles.